The minimum atomic E-state index is -3.20. The normalized spacial score (nSPS) is 11.9. The van der Waals surface area contributed by atoms with Crippen molar-refractivity contribution in [2.75, 3.05) is 11.6 Å². The Labute approximate surface area is 98.7 Å². The first kappa shape index (κ1) is 12.9. The van der Waals surface area contributed by atoms with E-state index in [0.29, 0.717) is 12.3 Å². The van der Waals surface area contributed by atoms with E-state index < -0.39 is 10.0 Å². The number of hydrogen-bond acceptors (Lipinski definition) is 4. The molecule has 15 heavy (non-hydrogen) atoms. The van der Waals surface area contributed by atoms with Gasteiger partial charge in [0.25, 0.3) is 0 Å². The lowest BCUT2D eigenvalue weighted by atomic mass is 10.6. The van der Waals surface area contributed by atoms with Gasteiger partial charge in [-0.25, -0.2) is 18.1 Å². The maximum atomic E-state index is 11.4. The number of thiazole rings is 1. The molecular formula is C8H13ClN2O2S2. The molecule has 7 heteroatoms. The van der Waals surface area contributed by atoms with E-state index in [1.54, 1.807) is 6.20 Å². The number of rotatable bonds is 6. The molecule has 0 bridgehead atoms. The smallest absolute Gasteiger partial charge is 0.212 e. The molecule has 0 saturated heterocycles. The van der Waals surface area contributed by atoms with Gasteiger partial charge >= 0.3 is 0 Å². The lowest BCUT2D eigenvalue weighted by molar-refractivity contribution is 0.580. The van der Waals surface area contributed by atoms with Gasteiger partial charge < -0.3 is 0 Å². The van der Waals surface area contributed by atoms with Crippen molar-refractivity contribution < 1.29 is 8.42 Å². The summed E-state index contributed by atoms with van der Waals surface area (Å²) in [6.07, 6.45) is 2.20. The third-order valence-electron chi connectivity index (χ3n) is 1.66. The Morgan fingerprint density at radius 1 is 1.60 bits per heavy atom. The molecule has 0 amide bonds. The Hall–Kier alpha value is -0.170. The number of alkyl halides is 1. The highest BCUT2D eigenvalue weighted by molar-refractivity contribution is 7.89. The molecule has 0 saturated carbocycles. The van der Waals surface area contributed by atoms with Crippen LogP contribution in [-0.2, 0) is 16.6 Å². The quantitative estimate of drug-likeness (QED) is 0.796. The number of nitrogens with one attached hydrogen (secondary N) is 1. The fraction of sp³-hybridized carbons (Fsp3) is 0.625. The van der Waals surface area contributed by atoms with Gasteiger partial charge in [-0.3, -0.25) is 0 Å². The Morgan fingerprint density at radius 3 is 2.87 bits per heavy atom. The van der Waals surface area contributed by atoms with E-state index in [9.17, 15) is 8.42 Å². The second-order valence-electron chi connectivity index (χ2n) is 3.05. The number of aryl methyl sites for hydroxylation is 1. The van der Waals surface area contributed by atoms with Crippen molar-refractivity contribution in [2.24, 2.45) is 0 Å². The zero-order valence-electron chi connectivity index (χ0n) is 8.36. The van der Waals surface area contributed by atoms with Crippen molar-refractivity contribution in [1.29, 1.82) is 0 Å². The summed E-state index contributed by atoms with van der Waals surface area (Å²) in [5.74, 6) is 0.429. The Kier molecular flexibility index (Phi) is 4.98. The molecule has 0 radical (unpaired) electrons. The van der Waals surface area contributed by atoms with Gasteiger partial charge in [0.05, 0.1) is 12.3 Å². The maximum absolute atomic E-state index is 11.4. The van der Waals surface area contributed by atoms with E-state index in [4.69, 9.17) is 11.6 Å². The summed E-state index contributed by atoms with van der Waals surface area (Å²) in [5.41, 5.74) is 0. The monoisotopic (exact) mass is 268 g/mol. The van der Waals surface area contributed by atoms with Gasteiger partial charge in [0.1, 0.15) is 5.01 Å². The summed E-state index contributed by atoms with van der Waals surface area (Å²) in [4.78, 5) is 5.14. The van der Waals surface area contributed by atoms with Gasteiger partial charge in [-0.05, 0) is 13.3 Å². The summed E-state index contributed by atoms with van der Waals surface area (Å²) in [5, 5.41) is 0.780. The fourth-order valence-corrected chi connectivity index (χ4v) is 3.11. The number of halogens is 1. The van der Waals surface area contributed by atoms with Crippen LogP contribution in [0.2, 0.25) is 0 Å². The van der Waals surface area contributed by atoms with Crippen molar-refractivity contribution >= 4 is 33.0 Å². The van der Waals surface area contributed by atoms with Crippen LogP contribution in [0.15, 0.2) is 6.20 Å². The zero-order chi connectivity index (χ0) is 11.3. The van der Waals surface area contributed by atoms with Gasteiger partial charge in [-0.2, -0.15) is 0 Å². The molecule has 86 valence electrons. The Morgan fingerprint density at radius 2 is 2.33 bits per heavy atom. The van der Waals surface area contributed by atoms with Crippen LogP contribution < -0.4 is 4.72 Å². The molecular weight excluding hydrogens is 256 g/mol. The molecule has 0 aliphatic rings. The zero-order valence-corrected chi connectivity index (χ0v) is 10.8. The van der Waals surface area contributed by atoms with E-state index in [0.717, 1.165) is 9.88 Å². The molecule has 1 rings (SSSR count). The molecule has 4 nitrogen and oxygen atoms in total. The van der Waals surface area contributed by atoms with Crippen LogP contribution in [-0.4, -0.2) is 25.0 Å². The first-order valence-corrected chi connectivity index (χ1v) is 7.48. The van der Waals surface area contributed by atoms with Crippen molar-refractivity contribution in [1.82, 2.24) is 9.71 Å². The fourth-order valence-electron chi connectivity index (χ4n) is 0.972. The van der Waals surface area contributed by atoms with Gasteiger partial charge in [0.15, 0.2) is 0 Å². The summed E-state index contributed by atoms with van der Waals surface area (Å²) >= 11 is 6.91. The van der Waals surface area contributed by atoms with Crippen molar-refractivity contribution in [3.63, 3.8) is 0 Å². The predicted octanol–water partition coefficient (Wildman–Crippen LogP) is 1.50. The van der Waals surface area contributed by atoms with Crippen molar-refractivity contribution in [3.8, 4) is 0 Å². The molecule has 1 N–H and O–H groups in total. The third-order valence-corrected chi connectivity index (χ3v) is 4.25. The molecule has 0 atom stereocenters. The molecule has 0 aliphatic carbocycles. The lowest BCUT2D eigenvalue weighted by Gasteiger charge is -2.03. The SMILES string of the molecule is Cc1cnc(CNS(=O)(=O)CCCCl)s1. The average Bonchev–Trinajstić information content (AvgIpc) is 2.59. The van der Waals surface area contributed by atoms with Crippen molar-refractivity contribution in [3.05, 3.63) is 16.1 Å². The predicted molar refractivity (Wildman–Crippen MR) is 62.8 cm³/mol. The number of aromatic nitrogens is 1. The number of hydrogen-bond donors (Lipinski definition) is 1. The van der Waals surface area contributed by atoms with Crippen LogP contribution in [0.4, 0.5) is 0 Å². The second-order valence-corrected chi connectivity index (χ2v) is 6.67. The van der Waals surface area contributed by atoms with Crippen LogP contribution in [0.25, 0.3) is 0 Å². The molecule has 1 heterocycles. The highest BCUT2D eigenvalue weighted by Gasteiger charge is 2.10. The van der Waals surface area contributed by atoms with E-state index in [2.05, 4.69) is 9.71 Å². The van der Waals surface area contributed by atoms with Crippen molar-refractivity contribution in [2.45, 2.75) is 19.9 Å². The molecule has 1 aromatic heterocycles. The standard InChI is InChI=1S/C8H13ClN2O2S2/c1-7-5-10-8(14-7)6-11-15(12,13)4-2-3-9/h5,11H,2-4,6H2,1H3. The van der Waals surface area contributed by atoms with E-state index in [-0.39, 0.29) is 12.3 Å². The maximum Gasteiger partial charge on any atom is 0.212 e. The number of sulfonamides is 1. The van der Waals surface area contributed by atoms with Crippen LogP contribution >= 0.6 is 22.9 Å². The first-order valence-electron chi connectivity index (χ1n) is 4.48. The molecule has 0 unspecified atom stereocenters. The Balaban J connectivity index is 2.42. The average molecular weight is 269 g/mol. The van der Waals surface area contributed by atoms with E-state index >= 15 is 0 Å². The minimum absolute atomic E-state index is 0.0703. The highest BCUT2D eigenvalue weighted by Crippen LogP contribution is 2.10. The summed E-state index contributed by atoms with van der Waals surface area (Å²) in [6.45, 7) is 2.20. The molecule has 0 aromatic carbocycles. The van der Waals surface area contributed by atoms with Gasteiger partial charge in [0.2, 0.25) is 10.0 Å². The molecule has 1 aromatic rings. The van der Waals surface area contributed by atoms with Gasteiger partial charge in [-0.15, -0.1) is 22.9 Å². The second kappa shape index (κ2) is 5.79. The van der Waals surface area contributed by atoms with Crippen LogP contribution in [0.5, 0.6) is 0 Å². The third kappa shape index (κ3) is 4.92. The molecule has 0 fully saturated rings. The summed E-state index contributed by atoms with van der Waals surface area (Å²) < 4.78 is 25.2. The highest BCUT2D eigenvalue weighted by atomic mass is 35.5. The molecule has 0 spiro atoms. The summed E-state index contributed by atoms with van der Waals surface area (Å²) in [6, 6.07) is 0. The van der Waals surface area contributed by atoms with Crippen LogP contribution in [0.1, 0.15) is 16.3 Å². The lowest BCUT2D eigenvalue weighted by Crippen LogP contribution is -2.26. The van der Waals surface area contributed by atoms with E-state index in [1.165, 1.54) is 11.3 Å². The van der Waals surface area contributed by atoms with Crippen LogP contribution in [0.3, 0.4) is 0 Å². The topological polar surface area (TPSA) is 59.1 Å². The Bertz CT molecular complexity index is 403. The van der Waals surface area contributed by atoms with Gasteiger partial charge in [0, 0.05) is 17.0 Å². The van der Waals surface area contributed by atoms with E-state index in [1.807, 2.05) is 6.92 Å². The largest absolute Gasteiger partial charge is 0.248 e. The first-order chi connectivity index (χ1) is 7.03. The number of nitrogens with zero attached hydrogens (tertiary/aromatic N) is 1. The molecule has 0 aliphatic heterocycles. The summed E-state index contributed by atoms with van der Waals surface area (Å²) in [7, 11) is -3.20. The van der Waals surface area contributed by atoms with Gasteiger partial charge in [-0.1, -0.05) is 0 Å². The minimum Gasteiger partial charge on any atom is -0.248 e. The van der Waals surface area contributed by atoms with Crippen LogP contribution in [0, 0.1) is 6.92 Å².